The van der Waals surface area contributed by atoms with Crippen LogP contribution >= 0.6 is 11.3 Å². The van der Waals surface area contributed by atoms with Crippen molar-refractivity contribution in [2.24, 2.45) is 0 Å². The molecule has 4 rings (SSSR count). The van der Waals surface area contributed by atoms with Crippen LogP contribution in [-0.4, -0.2) is 14.2 Å². The van der Waals surface area contributed by atoms with Crippen LogP contribution in [0.1, 0.15) is 15.2 Å². The van der Waals surface area contributed by atoms with E-state index in [1.54, 1.807) is 35.7 Å². The van der Waals surface area contributed by atoms with Crippen LogP contribution in [-0.2, 0) is 16.6 Å². The van der Waals surface area contributed by atoms with Gasteiger partial charge in [0.15, 0.2) is 4.91 Å². The summed E-state index contributed by atoms with van der Waals surface area (Å²) in [6.45, 7) is 0.0441. The monoisotopic (exact) mass is 432 g/mol. The van der Waals surface area contributed by atoms with Crippen LogP contribution in [0.5, 0.6) is 0 Å². The average Bonchev–Trinajstić information content (AvgIpc) is 3.17. The Bertz CT molecular complexity index is 1220. The molecule has 5 nitrogen and oxygen atoms in total. The molecular weight excluding hydrogens is 418 g/mol. The van der Waals surface area contributed by atoms with E-state index in [0.29, 0.717) is 11.8 Å². The molecule has 29 heavy (non-hydrogen) atoms. The molecule has 0 saturated heterocycles. The van der Waals surface area contributed by atoms with E-state index in [9.17, 15) is 22.0 Å². The topological polar surface area (TPSA) is 66.5 Å². The summed E-state index contributed by atoms with van der Waals surface area (Å²) in [6.07, 6.45) is 0.953. The normalized spacial score (nSPS) is 16.7. The average molecular weight is 432 g/mol. The summed E-state index contributed by atoms with van der Waals surface area (Å²) in [4.78, 5) is 12.6. The molecule has 0 amide bonds. The number of benzene rings is 2. The van der Waals surface area contributed by atoms with Gasteiger partial charge >= 0.3 is 0 Å². The van der Waals surface area contributed by atoms with Crippen molar-refractivity contribution in [3.8, 4) is 0 Å². The summed E-state index contributed by atoms with van der Waals surface area (Å²) in [5.41, 5.74) is 0.918. The first-order valence-electron chi connectivity index (χ1n) is 8.48. The molecule has 148 valence electrons. The van der Waals surface area contributed by atoms with Crippen molar-refractivity contribution < 1.29 is 22.0 Å². The Morgan fingerprint density at radius 2 is 1.83 bits per heavy atom. The lowest BCUT2D eigenvalue weighted by molar-refractivity contribution is 0.104. The third-order valence-corrected chi connectivity index (χ3v) is 7.04. The molecule has 0 atom stereocenters. The quantitative estimate of drug-likeness (QED) is 0.616. The fourth-order valence-electron chi connectivity index (χ4n) is 2.96. The standard InChI is InChI=1S/C20H14F2N2O3S2/c21-14-6-7-16(15(22)10-14)23-11-18-19(25)20-17(8-9-28-20)24(29(18,26)27)12-13-4-2-1-3-5-13/h1-11,23H,12H2/b18-11-. The van der Waals surface area contributed by atoms with E-state index < -0.39 is 32.3 Å². The van der Waals surface area contributed by atoms with Gasteiger partial charge in [0, 0.05) is 12.3 Å². The Morgan fingerprint density at radius 1 is 1.07 bits per heavy atom. The maximum atomic E-state index is 13.9. The fourth-order valence-corrected chi connectivity index (χ4v) is 5.44. The zero-order valence-corrected chi connectivity index (χ0v) is 16.4. The molecule has 0 fully saturated rings. The van der Waals surface area contributed by atoms with Gasteiger partial charge in [-0.3, -0.25) is 9.10 Å². The summed E-state index contributed by atoms with van der Waals surface area (Å²) in [6, 6.07) is 13.4. The van der Waals surface area contributed by atoms with Crippen molar-refractivity contribution in [3.63, 3.8) is 0 Å². The Kier molecular flexibility index (Phi) is 4.93. The zero-order valence-electron chi connectivity index (χ0n) is 14.8. The SMILES string of the molecule is O=C1/C(=C/Nc2ccc(F)cc2F)S(=O)(=O)N(Cc2ccccc2)c2ccsc21. The van der Waals surface area contributed by atoms with Gasteiger partial charge in [-0.15, -0.1) is 11.3 Å². The number of fused-ring (bicyclic) bond motifs is 1. The number of nitrogens with one attached hydrogen (secondary N) is 1. The first-order chi connectivity index (χ1) is 13.9. The lowest BCUT2D eigenvalue weighted by Crippen LogP contribution is -2.38. The maximum absolute atomic E-state index is 13.9. The summed E-state index contributed by atoms with van der Waals surface area (Å²) < 4.78 is 54.5. The molecule has 9 heteroatoms. The Labute approximate surface area is 170 Å². The number of anilines is 2. The van der Waals surface area contributed by atoms with Crippen molar-refractivity contribution >= 4 is 38.5 Å². The van der Waals surface area contributed by atoms with Gasteiger partial charge in [0.25, 0.3) is 10.0 Å². The second-order valence-electron chi connectivity index (χ2n) is 6.24. The number of thiophene rings is 1. The van der Waals surface area contributed by atoms with Crippen molar-refractivity contribution in [3.05, 3.63) is 93.2 Å². The van der Waals surface area contributed by atoms with Gasteiger partial charge in [-0.05, 0) is 29.1 Å². The van der Waals surface area contributed by atoms with Gasteiger partial charge < -0.3 is 5.32 Å². The van der Waals surface area contributed by atoms with Crippen LogP contribution in [0.2, 0.25) is 0 Å². The Morgan fingerprint density at radius 3 is 2.55 bits per heavy atom. The van der Waals surface area contributed by atoms with Crippen LogP contribution in [0.3, 0.4) is 0 Å². The van der Waals surface area contributed by atoms with Crippen LogP contribution in [0.25, 0.3) is 0 Å². The molecular formula is C20H14F2N2O3S2. The van der Waals surface area contributed by atoms with E-state index in [1.165, 1.54) is 0 Å². The molecule has 0 bridgehead atoms. The maximum Gasteiger partial charge on any atom is 0.270 e. The van der Waals surface area contributed by atoms with Crippen LogP contribution in [0, 0.1) is 11.6 Å². The van der Waals surface area contributed by atoms with Crippen LogP contribution < -0.4 is 9.62 Å². The summed E-state index contributed by atoms with van der Waals surface area (Å²) in [5.74, 6) is -2.34. The third-order valence-electron chi connectivity index (χ3n) is 4.37. The summed E-state index contributed by atoms with van der Waals surface area (Å²) in [5, 5.41) is 4.12. The highest BCUT2D eigenvalue weighted by molar-refractivity contribution is 7.97. The number of ketones is 1. The minimum absolute atomic E-state index is 0.0441. The molecule has 1 aliphatic rings. The number of carbonyl (C=O) groups excluding carboxylic acids is 1. The number of hydrogen-bond acceptors (Lipinski definition) is 5. The molecule has 1 aliphatic heterocycles. The van der Waals surface area contributed by atoms with E-state index in [1.807, 2.05) is 6.07 Å². The van der Waals surface area contributed by atoms with E-state index in [-0.39, 0.29) is 17.1 Å². The van der Waals surface area contributed by atoms with Gasteiger partial charge in [-0.2, -0.15) is 0 Å². The summed E-state index contributed by atoms with van der Waals surface area (Å²) >= 11 is 1.13. The van der Waals surface area contributed by atoms with E-state index >= 15 is 0 Å². The van der Waals surface area contributed by atoms with Crippen molar-refractivity contribution in [2.75, 3.05) is 9.62 Å². The number of nitrogens with zero attached hydrogens (tertiary/aromatic N) is 1. The number of rotatable bonds is 4. The smallest absolute Gasteiger partial charge is 0.270 e. The molecule has 0 saturated carbocycles. The zero-order chi connectivity index (χ0) is 20.6. The lowest BCUT2D eigenvalue weighted by atomic mass is 10.2. The predicted octanol–water partition coefficient (Wildman–Crippen LogP) is 4.51. The third kappa shape index (κ3) is 3.54. The predicted molar refractivity (Wildman–Crippen MR) is 108 cm³/mol. The van der Waals surface area contributed by atoms with E-state index in [2.05, 4.69) is 5.32 Å². The number of Topliss-reactive ketones (excluding diaryl/α,β-unsaturated/α-hetero) is 1. The lowest BCUT2D eigenvalue weighted by Gasteiger charge is -2.29. The molecule has 0 unspecified atom stereocenters. The highest BCUT2D eigenvalue weighted by Gasteiger charge is 2.41. The minimum Gasteiger partial charge on any atom is -0.358 e. The van der Waals surface area contributed by atoms with Crippen molar-refractivity contribution in [2.45, 2.75) is 6.54 Å². The van der Waals surface area contributed by atoms with Gasteiger partial charge in [0.05, 0.1) is 17.9 Å². The van der Waals surface area contributed by atoms with Gasteiger partial charge in [-0.25, -0.2) is 17.2 Å². The largest absolute Gasteiger partial charge is 0.358 e. The van der Waals surface area contributed by atoms with E-state index in [4.69, 9.17) is 0 Å². The number of halogens is 2. The molecule has 0 spiro atoms. The first kappa shape index (κ1) is 19.3. The minimum atomic E-state index is -4.19. The van der Waals surface area contributed by atoms with Gasteiger partial charge in [0.2, 0.25) is 5.78 Å². The van der Waals surface area contributed by atoms with Gasteiger partial charge in [-0.1, -0.05) is 30.3 Å². The van der Waals surface area contributed by atoms with Crippen molar-refractivity contribution in [1.29, 1.82) is 0 Å². The van der Waals surface area contributed by atoms with Gasteiger partial charge in [0.1, 0.15) is 16.5 Å². The first-order valence-corrected chi connectivity index (χ1v) is 10.8. The molecule has 2 aromatic carbocycles. The molecule has 0 aliphatic carbocycles. The Balaban J connectivity index is 1.75. The highest BCUT2D eigenvalue weighted by atomic mass is 32.2. The van der Waals surface area contributed by atoms with E-state index in [0.717, 1.165) is 39.5 Å². The summed E-state index contributed by atoms with van der Waals surface area (Å²) in [7, 11) is -4.19. The molecule has 3 aromatic rings. The molecule has 0 radical (unpaired) electrons. The number of hydrogen-bond donors (Lipinski definition) is 1. The number of sulfonamides is 1. The van der Waals surface area contributed by atoms with Crippen molar-refractivity contribution in [1.82, 2.24) is 0 Å². The molecule has 2 heterocycles. The van der Waals surface area contributed by atoms with Crippen LogP contribution in [0.4, 0.5) is 20.2 Å². The second-order valence-corrected chi connectivity index (χ2v) is 8.99. The van der Waals surface area contributed by atoms with Crippen LogP contribution in [0.15, 0.2) is 71.1 Å². The Hall–Kier alpha value is -3.04. The fraction of sp³-hybridized carbons (Fsp3) is 0.0500. The molecule has 1 aromatic heterocycles. The highest BCUT2D eigenvalue weighted by Crippen LogP contribution is 2.39. The number of allylic oxidation sites excluding steroid dienone is 1. The molecule has 1 N–H and O–H groups in total. The number of carbonyl (C=O) groups is 1. The second kappa shape index (κ2) is 7.41.